The van der Waals surface area contributed by atoms with E-state index in [0.29, 0.717) is 6.42 Å². The summed E-state index contributed by atoms with van der Waals surface area (Å²) in [6, 6.07) is 15.7. The normalized spacial score (nSPS) is 15.0. The number of amides is 2. The van der Waals surface area contributed by atoms with Gasteiger partial charge in [0, 0.05) is 24.9 Å². The molecule has 33 heavy (non-hydrogen) atoms. The van der Waals surface area contributed by atoms with Crippen LogP contribution in [0.1, 0.15) is 50.2 Å². The Hall–Kier alpha value is -3.39. The number of ether oxygens (including phenoxy) is 1. The van der Waals surface area contributed by atoms with Crippen LogP contribution in [0.2, 0.25) is 0 Å². The number of benzene rings is 2. The van der Waals surface area contributed by atoms with E-state index in [0.717, 1.165) is 22.3 Å². The molecule has 0 aromatic heterocycles. The van der Waals surface area contributed by atoms with Gasteiger partial charge < -0.3 is 25.6 Å². The Kier molecular flexibility index (Phi) is 7.71. The topological polar surface area (TPSA) is 125 Å². The van der Waals surface area contributed by atoms with Crippen LogP contribution in [-0.2, 0) is 14.3 Å². The van der Waals surface area contributed by atoms with Crippen LogP contribution in [0.5, 0.6) is 0 Å². The molecule has 2 aromatic carbocycles. The van der Waals surface area contributed by atoms with Crippen LogP contribution in [-0.4, -0.2) is 53.0 Å². The maximum Gasteiger partial charge on any atom is 0.407 e. The lowest BCUT2D eigenvalue weighted by Crippen LogP contribution is -2.44. The van der Waals surface area contributed by atoms with E-state index < -0.39 is 36.0 Å². The van der Waals surface area contributed by atoms with E-state index in [4.69, 9.17) is 9.84 Å². The van der Waals surface area contributed by atoms with Gasteiger partial charge in [0.05, 0.1) is 12.0 Å². The van der Waals surface area contributed by atoms with Crippen LogP contribution in [0.3, 0.4) is 0 Å². The molecular formula is C25H30N2O6. The summed E-state index contributed by atoms with van der Waals surface area (Å²) in [6.07, 6.45) is -0.593. The molecule has 0 fully saturated rings. The number of fused-ring (bicyclic) bond motifs is 3. The highest BCUT2D eigenvalue weighted by Gasteiger charge is 2.29. The SMILES string of the molecule is CCC(CC(=O)NCC(C)(O)CC(=O)O)NC(=O)OCC1c2ccccc2-c2ccccc21. The highest BCUT2D eigenvalue weighted by atomic mass is 16.5. The average molecular weight is 455 g/mol. The molecule has 0 heterocycles. The number of alkyl carbamates (subject to hydrolysis) is 1. The maximum absolute atomic E-state index is 12.4. The van der Waals surface area contributed by atoms with E-state index >= 15 is 0 Å². The molecule has 1 aliphatic carbocycles. The predicted molar refractivity (Wildman–Crippen MR) is 123 cm³/mol. The van der Waals surface area contributed by atoms with Crippen molar-refractivity contribution in [3.8, 4) is 11.1 Å². The minimum absolute atomic E-state index is 0.0101. The largest absolute Gasteiger partial charge is 0.481 e. The molecule has 0 spiro atoms. The molecule has 8 heteroatoms. The Morgan fingerprint density at radius 2 is 1.64 bits per heavy atom. The van der Waals surface area contributed by atoms with Gasteiger partial charge in [-0.1, -0.05) is 55.5 Å². The third-order valence-electron chi connectivity index (χ3n) is 5.79. The van der Waals surface area contributed by atoms with Crippen molar-refractivity contribution in [2.45, 2.75) is 50.7 Å². The van der Waals surface area contributed by atoms with Crippen molar-refractivity contribution in [3.63, 3.8) is 0 Å². The number of hydrogen-bond acceptors (Lipinski definition) is 5. The molecule has 0 radical (unpaired) electrons. The molecule has 0 saturated carbocycles. The Labute approximate surface area is 193 Å². The Morgan fingerprint density at radius 1 is 1.06 bits per heavy atom. The monoisotopic (exact) mass is 454 g/mol. The quantitative estimate of drug-likeness (QED) is 0.437. The van der Waals surface area contributed by atoms with E-state index in [1.807, 2.05) is 43.3 Å². The van der Waals surface area contributed by atoms with Crippen molar-refractivity contribution >= 4 is 18.0 Å². The molecular weight excluding hydrogens is 424 g/mol. The molecule has 3 rings (SSSR count). The highest BCUT2D eigenvalue weighted by Crippen LogP contribution is 2.44. The summed E-state index contributed by atoms with van der Waals surface area (Å²) < 4.78 is 5.52. The van der Waals surface area contributed by atoms with Crippen molar-refractivity contribution in [2.75, 3.05) is 13.2 Å². The number of hydrogen-bond donors (Lipinski definition) is 4. The Balaban J connectivity index is 1.52. The second kappa shape index (κ2) is 10.5. The molecule has 0 aliphatic heterocycles. The third-order valence-corrected chi connectivity index (χ3v) is 5.79. The van der Waals surface area contributed by atoms with Gasteiger partial charge in [-0.25, -0.2) is 4.79 Å². The van der Waals surface area contributed by atoms with E-state index in [9.17, 15) is 19.5 Å². The molecule has 0 saturated heterocycles. The zero-order valence-electron chi connectivity index (χ0n) is 18.8. The summed E-state index contributed by atoms with van der Waals surface area (Å²) in [4.78, 5) is 35.4. The second-order valence-corrected chi connectivity index (χ2v) is 8.62. The fraction of sp³-hybridized carbons (Fsp3) is 0.400. The van der Waals surface area contributed by atoms with Gasteiger partial charge in [0.1, 0.15) is 6.61 Å². The maximum atomic E-state index is 12.4. The molecule has 0 bridgehead atoms. The summed E-state index contributed by atoms with van der Waals surface area (Å²) >= 11 is 0. The molecule has 1 aliphatic rings. The first-order chi connectivity index (χ1) is 15.7. The smallest absolute Gasteiger partial charge is 0.407 e. The molecule has 4 N–H and O–H groups in total. The second-order valence-electron chi connectivity index (χ2n) is 8.62. The van der Waals surface area contributed by atoms with Gasteiger partial charge in [-0.3, -0.25) is 9.59 Å². The van der Waals surface area contributed by atoms with Gasteiger partial charge in [0.2, 0.25) is 5.91 Å². The van der Waals surface area contributed by atoms with Crippen molar-refractivity contribution in [3.05, 3.63) is 59.7 Å². The Morgan fingerprint density at radius 3 is 2.18 bits per heavy atom. The van der Waals surface area contributed by atoms with Gasteiger partial charge in [-0.05, 0) is 35.6 Å². The standard InChI is InChI=1S/C25H30N2O6/c1-3-16(12-22(28)26-15-25(2,32)13-23(29)30)27-24(31)33-14-21-19-10-6-4-8-17(19)18-9-5-7-11-20(18)21/h4-11,16,21,32H,3,12-15H2,1-2H3,(H,26,28)(H,27,31)(H,29,30). The van der Waals surface area contributed by atoms with E-state index in [1.54, 1.807) is 0 Å². The molecule has 2 unspecified atom stereocenters. The van der Waals surface area contributed by atoms with Crippen LogP contribution in [0.4, 0.5) is 4.79 Å². The van der Waals surface area contributed by atoms with Gasteiger partial charge >= 0.3 is 12.1 Å². The van der Waals surface area contributed by atoms with Crippen LogP contribution in [0.25, 0.3) is 11.1 Å². The lowest BCUT2D eigenvalue weighted by molar-refractivity contribution is -0.142. The van der Waals surface area contributed by atoms with Crippen LogP contribution >= 0.6 is 0 Å². The molecule has 176 valence electrons. The molecule has 8 nitrogen and oxygen atoms in total. The minimum Gasteiger partial charge on any atom is -0.481 e. The van der Waals surface area contributed by atoms with Crippen LogP contribution in [0.15, 0.2) is 48.5 Å². The molecule has 2 atom stereocenters. The lowest BCUT2D eigenvalue weighted by atomic mass is 9.98. The first-order valence-electron chi connectivity index (χ1n) is 11.0. The average Bonchev–Trinajstić information content (AvgIpc) is 3.09. The number of carbonyl (C=O) groups excluding carboxylic acids is 2. The van der Waals surface area contributed by atoms with Gasteiger partial charge in [0.15, 0.2) is 0 Å². The van der Waals surface area contributed by atoms with Crippen molar-refractivity contribution in [1.82, 2.24) is 10.6 Å². The number of rotatable bonds is 10. The number of carboxylic acid groups (broad SMARTS) is 1. The van der Waals surface area contributed by atoms with E-state index in [1.165, 1.54) is 6.92 Å². The van der Waals surface area contributed by atoms with Crippen LogP contribution in [0, 0.1) is 0 Å². The summed E-state index contributed by atoms with van der Waals surface area (Å²) in [7, 11) is 0. The van der Waals surface area contributed by atoms with E-state index in [2.05, 4.69) is 22.8 Å². The number of nitrogens with one attached hydrogen (secondary N) is 2. The van der Waals surface area contributed by atoms with Crippen molar-refractivity contribution < 1.29 is 29.3 Å². The number of carboxylic acids is 1. The third kappa shape index (κ3) is 6.32. The fourth-order valence-electron chi connectivity index (χ4n) is 4.08. The summed E-state index contributed by atoms with van der Waals surface area (Å²) in [5.41, 5.74) is 2.97. The van der Waals surface area contributed by atoms with Crippen molar-refractivity contribution in [1.29, 1.82) is 0 Å². The zero-order chi connectivity index (χ0) is 24.0. The number of carbonyl (C=O) groups is 3. The van der Waals surface area contributed by atoms with Gasteiger partial charge in [-0.2, -0.15) is 0 Å². The molecule has 2 amide bonds. The van der Waals surface area contributed by atoms with Crippen molar-refractivity contribution in [2.24, 2.45) is 0 Å². The number of aliphatic hydroxyl groups is 1. The zero-order valence-corrected chi connectivity index (χ0v) is 18.8. The predicted octanol–water partition coefficient (Wildman–Crippen LogP) is 3.04. The summed E-state index contributed by atoms with van der Waals surface area (Å²) in [5, 5.41) is 24.0. The van der Waals surface area contributed by atoms with Crippen LogP contribution < -0.4 is 10.6 Å². The summed E-state index contributed by atoms with van der Waals surface area (Å²) in [6.45, 7) is 3.16. The minimum atomic E-state index is -1.55. The first kappa shape index (κ1) is 24.3. The molecule has 2 aromatic rings. The van der Waals surface area contributed by atoms with Gasteiger partial charge in [-0.15, -0.1) is 0 Å². The summed E-state index contributed by atoms with van der Waals surface area (Å²) in [5.74, 6) is -1.60. The number of aliphatic carboxylic acids is 1. The van der Waals surface area contributed by atoms with Gasteiger partial charge in [0.25, 0.3) is 0 Å². The highest BCUT2D eigenvalue weighted by molar-refractivity contribution is 5.79. The Bertz CT molecular complexity index is 974. The lowest BCUT2D eigenvalue weighted by Gasteiger charge is -2.23. The van der Waals surface area contributed by atoms with E-state index in [-0.39, 0.29) is 25.5 Å². The first-order valence-corrected chi connectivity index (χ1v) is 11.0. The fourth-order valence-corrected chi connectivity index (χ4v) is 4.08.